The summed E-state index contributed by atoms with van der Waals surface area (Å²) >= 11 is 0. The van der Waals surface area contributed by atoms with Crippen LogP contribution in [-0.4, -0.2) is 36.6 Å². The van der Waals surface area contributed by atoms with Crippen molar-refractivity contribution in [3.8, 4) is 11.5 Å². The highest BCUT2D eigenvalue weighted by atomic mass is 16.5. The number of imide groups is 1. The Balaban J connectivity index is 1.55. The van der Waals surface area contributed by atoms with E-state index in [9.17, 15) is 9.59 Å². The smallest absolute Gasteiger partial charge is 0.325 e. The van der Waals surface area contributed by atoms with Crippen molar-refractivity contribution in [3.05, 3.63) is 48.4 Å². The van der Waals surface area contributed by atoms with Crippen molar-refractivity contribution in [2.45, 2.75) is 25.8 Å². The number of amides is 3. The van der Waals surface area contributed by atoms with Crippen LogP contribution < -0.4 is 14.8 Å². The first-order chi connectivity index (χ1) is 12.5. The largest absolute Gasteiger partial charge is 0.494 e. The highest BCUT2D eigenvalue weighted by molar-refractivity contribution is 6.06. The summed E-state index contributed by atoms with van der Waals surface area (Å²) in [6.07, 6.45) is 2.42. The average Bonchev–Trinajstić information content (AvgIpc) is 3.25. The molecule has 1 fully saturated rings. The maximum atomic E-state index is 12.6. The maximum Gasteiger partial charge on any atom is 0.325 e. The summed E-state index contributed by atoms with van der Waals surface area (Å²) in [5, 5.41) is 2.68. The molecule has 26 heavy (non-hydrogen) atoms. The predicted octanol–water partition coefficient (Wildman–Crippen LogP) is 2.91. The lowest BCUT2D eigenvalue weighted by molar-refractivity contribution is -0.131. The van der Waals surface area contributed by atoms with Crippen molar-refractivity contribution < 1.29 is 23.5 Å². The zero-order valence-corrected chi connectivity index (χ0v) is 14.9. The minimum Gasteiger partial charge on any atom is -0.494 e. The minimum atomic E-state index is -1.18. The Labute approximate surface area is 151 Å². The predicted molar refractivity (Wildman–Crippen MR) is 94.0 cm³/mol. The van der Waals surface area contributed by atoms with Crippen LogP contribution in [0.25, 0.3) is 0 Å². The van der Waals surface area contributed by atoms with Crippen molar-refractivity contribution in [3.63, 3.8) is 0 Å². The molecule has 3 amide bonds. The van der Waals surface area contributed by atoms with E-state index < -0.39 is 11.6 Å². The molecule has 0 saturated carbocycles. The van der Waals surface area contributed by atoms with Gasteiger partial charge >= 0.3 is 6.03 Å². The molecule has 3 rings (SSSR count). The lowest BCUT2D eigenvalue weighted by Gasteiger charge is -2.19. The normalized spacial score (nSPS) is 19.5. The Morgan fingerprint density at radius 2 is 1.73 bits per heavy atom. The minimum absolute atomic E-state index is 0.148. The Hall–Kier alpha value is -2.96. The Morgan fingerprint density at radius 3 is 2.31 bits per heavy atom. The molecule has 1 aromatic heterocycles. The topological polar surface area (TPSA) is 81.0 Å². The van der Waals surface area contributed by atoms with Gasteiger partial charge in [-0.2, -0.15) is 0 Å². The fourth-order valence-electron chi connectivity index (χ4n) is 2.74. The number of rotatable bonds is 8. The molecular formula is C19H22N2O5. The maximum absolute atomic E-state index is 12.6. The fraction of sp³-hybridized carbons (Fsp3) is 0.368. The van der Waals surface area contributed by atoms with Crippen LogP contribution in [-0.2, 0) is 10.3 Å². The third-order valence-corrected chi connectivity index (χ3v) is 4.17. The lowest BCUT2D eigenvalue weighted by Crippen LogP contribution is -2.41. The third kappa shape index (κ3) is 3.51. The number of hydrogen-bond acceptors (Lipinski definition) is 5. The lowest BCUT2D eigenvalue weighted by atomic mass is 9.99. The van der Waals surface area contributed by atoms with Crippen LogP contribution >= 0.6 is 0 Å². The molecule has 1 aliphatic heterocycles. The standard InChI is InChI=1S/C19H22N2O5/c1-3-11-24-14-6-8-15(9-7-14)25-13-10-21-17(22)19(2,20-18(21)23)16-5-4-12-26-16/h4-9,12H,3,10-11,13H2,1-2H3,(H,20,23)/t19-/m0/s1. The quantitative estimate of drug-likeness (QED) is 0.734. The van der Waals surface area contributed by atoms with Gasteiger partial charge in [0.05, 0.1) is 19.4 Å². The molecule has 0 spiro atoms. The molecular weight excluding hydrogens is 336 g/mol. The molecule has 2 aromatic rings. The summed E-state index contributed by atoms with van der Waals surface area (Å²) in [7, 11) is 0. The van der Waals surface area contributed by atoms with Crippen LogP contribution in [0.3, 0.4) is 0 Å². The number of urea groups is 1. The molecule has 1 atom stereocenters. The number of nitrogens with one attached hydrogen (secondary N) is 1. The van der Waals surface area contributed by atoms with E-state index in [1.54, 1.807) is 31.2 Å². The number of nitrogens with zero attached hydrogens (tertiary/aromatic N) is 1. The van der Waals surface area contributed by atoms with Gasteiger partial charge < -0.3 is 19.2 Å². The first-order valence-electron chi connectivity index (χ1n) is 8.58. The van der Waals surface area contributed by atoms with Crippen LogP contribution in [0.5, 0.6) is 11.5 Å². The number of hydrogen-bond donors (Lipinski definition) is 1. The van der Waals surface area contributed by atoms with Crippen molar-refractivity contribution in [2.75, 3.05) is 19.8 Å². The van der Waals surface area contributed by atoms with Crippen LogP contribution in [0.15, 0.2) is 47.1 Å². The third-order valence-electron chi connectivity index (χ3n) is 4.17. The number of carbonyl (C=O) groups excluding carboxylic acids is 2. The van der Waals surface area contributed by atoms with Gasteiger partial charge in [0, 0.05) is 0 Å². The number of ether oxygens (including phenoxy) is 2. The van der Waals surface area contributed by atoms with Gasteiger partial charge in [-0.25, -0.2) is 4.79 Å². The summed E-state index contributed by atoms with van der Waals surface area (Å²) in [4.78, 5) is 25.9. The average molecular weight is 358 g/mol. The second kappa shape index (κ2) is 7.51. The van der Waals surface area contributed by atoms with E-state index in [0.29, 0.717) is 18.1 Å². The summed E-state index contributed by atoms with van der Waals surface area (Å²) < 4.78 is 16.4. The van der Waals surface area contributed by atoms with Gasteiger partial charge in [-0.3, -0.25) is 9.69 Å². The van der Waals surface area contributed by atoms with Gasteiger partial charge in [-0.15, -0.1) is 0 Å². The number of furan rings is 1. The van der Waals surface area contributed by atoms with Gasteiger partial charge in [0.15, 0.2) is 5.54 Å². The monoisotopic (exact) mass is 358 g/mol. The summed E-state index contributed by atoms with van der Waals surface area (Å²) in [6, 6.07) is 10.1. The molecule has 138 valence electrons. The number of carbonyl (C=O) groups is 2. The zero-order chi connectivity index (χ0) is 18.6. The Morgan fingerprint density at radius 1 is 1.08 bits per heavy atom. The molecule has 0 radical (unpaired) electrons. The molecule has 2 heterocycles. The van der Waals surface area contributed by atoms with Crippen molar-refractivity contribution in [2.24, 2.45) is 0 Å². The van der Waals surface area contributed by atoms with Crippen LogP contribution in [0.1, 0.15) is 26.0 Å². The Kier molecular flexibility index (Phi) is 5.16. The summed E-state index contributed by atoms with van der Waals surface area (Å²) in [5.74, 6) is 1.48. The van der Waals surface area contributed by atoms with Gasteiger partial charge in [-0.1, -0.05) is 6.92 Å². The van der Waals surface area contributed by atoms with Gasteiger partial charge in [0.2, 0.25) is 0 Å². The highest BCUT2D eigenvalue weighted by Gasteiger charge is 2.50. The van der Waals surface area contributed by atoms with Gasteiger partial charge in [-0.05, 0) is 49.7 Å². The van der Waals surface area contributed by atoms with Crippen molar-refractivity contribution in [1.29, 1.82) is 0 Å². The van der Waals surface area contributed by atoms with Gasteiger partial charge in [0.25, 0.3) is 5.91 Å². The number of benzene rings is 1. The van der Waals surface area contributed by atoms with Crippen molar-refractivity contribution in [1.82, 2.24) is 10.2 Å². The van der Waals surface area contributed by atoms with E-state index in [0.717, 1.165) is 17.1 Å². The van der Waals surface area contributed by atoms with E-state index in [2.05, 4.69) is 5.32 Å². The first-order valence-corrected chi connectivity index (χ1v) is 8.58. The van der Waals surface area contributed by atoms with Gasteiger partial charge in [0.1, 0.15) is 23.9 Å². The van der Waals surface area contributed by atoms with E-state index in [4.69, 9.17) is 13.9 Å². The molecule has 1 N–H and O–H groups in total. The second-order valence-electron chi connectivity index (χ2n) is 6.16. The summed E-state index contributed by atoms with van der Waals surface area (Å²) in [5.41, 5.74) is -1.18. The van der Waals surface area contributed by atoms with Crippen LogP contribution in [0.4, 0.5) is 4.79 Å². The Bertz CT molecular complexity index is 757. The zero-order valence-electron chi connectivity index (χ0n) is 14.9. The highest BCUT2D eigenvalue weighted by Crippen LogP contribution is 2.29. The van der Waals surface area contributed by atoms with E-state index in [1.807, 2.05) is 19.1 Å². The second-order valence-corrected chi connectivity index (χ2v) is 6.16. The molecule has 0 aliphatic carbocycles. The molecule has 7 heteroatoms. The molecule has 1 aliphatic rings. The van der Waals surface area contributed by atoms with Crippen molar-refractivity contribution >= 4 is 11.9 Å². The molecule has 0 bridgehead atoms. The molecule has 7 nitrogen and oxygen atoms in total. The molecule has 1 aromatic carbocycles. The van der Waals surface area contributed by atoms with E-state index in [-0.39, 0.29) is 19.1 Å². The SMILES string of the molecule is CCCOc1ccc(OCCN2C(=O)N[C@@](C)(c3ccco3)C2=O)cc1. The summed E-state index contributed by atoms with van der Waals surface area (Å²) in [6.45, 7) is 4.69. The van der Waals surface area contributed by atoms with E-state index >= 15 is 0 Å². The van der Waals surface area contributed by atoms with Crippen LogP contribution in [0.2, 0.25) is 0 Å². The molecule has 1 saturated heterocycles. The molecule has 0 unspecified atom stereocenters. The van der Waals surface area contributed by atoms with E-state index in [1.165, 1.54) is 6.26 Å². The van der Waals surface area contributed by atoms with Crippen LogP contribution in [0, 0.1) is 0 Å². The fourth-order valence-corrected chi connectivity index (χ4v) is 2.74. The first kappa shape index (κ1) is 17.8.